The minimum absolute atomic E-state index is 0.575. The van der Waals surface area contributed by atoms with E-state index in [0.717, 1.165) is 22.6 Å². The largest absolute Gasteiger partial charge is 0.463 e. The standard InChI is InChI=1S/C13H15NO2/c1-8-7-12(16-10(8)3)13(15)11-5-4-6-14-9(11)2/h4-7,13,15H,1-3H3. The van der Waals surface area contributed by atoms with E-state index in [1.54, 1.807) is 6.20 Å². The lowest BCUT2D eigenvalue weighted by Gasteiger charge is -2.09. The van der Waals surface area contributed by atoms with Crippen LogP contribution >= 0.6 is 0 Å². The molecule has 0 aliphatic rings. The number of hydrogen-bond donors (Lipinski definition) is 1. The van der Waals surface area contributed by atoms with E-state index in [1.165, 1.54) is 0 Å². The van der Waals surface area contributed by atoms with Crippen molar-refractivity contribution in [2.24, 2.45) is 0 Å². The molecule has 2 heterocycles. The monoisotopic (exact) mass is 217 g/mol. The van der Waals surface area contributed by atoms with Crippen LogP contribution in [0.1, 0.15) is 34.4 Å². The van der Waals surface area contributed by atoms with Gasteiger partial charge >= 0.3 is 0 Å². The molecule has 2 aromatic rings. The summed E-state index contributed by atoms with van der Waals surface area (Å²) in [6.07, 6.45) is 0.977. The highest BCUT2D eigenvalue weighted by atomic mass is 16.4. The predicted octanol–water partition coefficient (Wildman–Crippen LogP) is 2.68. The van der Waals surface area contributed by atoms with Gasteiger partial charge in [0, 0.05) is 17.5 Å². The second-order valence-corrected chi connectivity index (χ2v) is 3.97. The molecule has 84 valence electrons. The van der Waals surface area contributed by atoms with Crippen molar-refractivity contribution in [1.82, 2.24) is 4.98 Å². The van der Waals surface area contributed by atoms with Gasteiger partial charge in [-0.1, -0.05) is 6.07 Å². The van der Waals surface area contributed by atoms with Crippen molar-refractivity contribution < 1.29 is 9.52 Å². The quantitative estimate of drug-likeness (QED) is 0.841. The molecule has 0 saturated heterocycles. The summed E-state index contributed by atoms with van der Waals surface area (Å²) in [6.45, 7) is 5.73. The van der Waals surface area contributed by atoms with Crippen LogP contribution < -0.4 is 0 Å². The maximum Gasteiger partial charge on any atom is 0.138 e. The number of aryl methyl sites for hydroxylation is 3. The Morgan fingerprint density at radius 2 is 2.06 bits per heavy atom. The molecule has 0 amide bonds. The van der Waals surface area contributed by atoms with Gasteiger partial charge in [-0.25, -0.2) is 0 Å². The van der Waals surface area contributed by atoms with Crippen molar-refractivity contribution in [1.29, 1.82) is 0 Å². The molecule has 2 aromatic heterocycles. The molecule has 1 atom stereocenters. The summed E-state index contributed by atoms with van der Waals surface area (Å²) in [6, 6.07) is 5.54. The van der Waals surface area contributed by atoms with E-state index < -0.39 is 6.10 Å². The van der Waals surface area contributed by atoms with E-state index in [-0.39, 0.29) is 0 Å². The van der Waals surface area contributed by atoms with Crippen LogP contribution in [0.25, 0.3) is 0 Å². The number of aliphatic hydroxyl groups is 1. The molecule has 0 saturated carbocycles. The molecule has 2 rings (SSSR count). The fraction of sp³-hybridized carbons (Fsp3) is 0.308. The van der Waals surface area contributed by atoms with Crippen LogP contribution in [0.4, 0.5) is 0 Å². The average Bonchev–Trinajstić information content (AvgIpc) is 2.59. The average molecular weight is 217 g/mol. The fourth-order valence-electron chi connectivity index (χ4n) is 1.68. The molecule has 0 aromatic carbocycles. The zero-order valence-corrected chi connectivity index (χ0v) is 9.69. The first-order chi connectivity index (χ1) is 7.59. The number of hydrogen-bond acceptors (Lipinski definition) is 3. The van der Waals surface area contributed by atoms with Crippen LogP contribution in [0.3, 0.4) is 0 Å². The van der Waals surface area contributed by atoms with Crippen LogP contribution in [0.15, 0.2) is 28.8 Å². The van der Waals surface area contributed by atoms with Crippen molar-refractivity contribution in [3.63, 3.8) is 0 Å². The molecule has 3 nitrogen and oxygen atoms in total. The Hall–Kier alpha value is -1.61. The van der Waals surface area contributed by atoms with Crippen LogP contribution in [-0.2, 0) is 0 Å². The van der Waals surface area contributed by atoms with E-state index in [4.69, 9.17) is 4.42 Å². The smallest absolute Gasteiger partial charge is 0.138 e. The molecule has 0 bridgehead atoms. The molecular formula is C13H15NO2. The van der Waals surface area contributed by atoms with Crippen LogP contribution in [0.5, 0.6) is 0 Å². The third kappa shape index (κ3) is 1.86. The summed E-state index contributed by atoms with van der Waals surface area (Å²) in [5, 5.41) is 10.2. The van der Waals surface area contributed by atoms with Gasteiger partial charge in [-0.2, -0.15) is 0 Å². The van der Waals surface area contributed by atoms with Gasteiger partial charge in [0.05, 0.1) is 0 Å². The Kier molecular flexibility index (Phi) is 2.79. The molecular weight excluding hydrogens is 202 g/mol. The first-order valence-electron chi connectivity index (χ1n) is 5.26. The summed E-state index contributed by atoms with van der Waals surface area (Å²) in [4.78, 5) is 4.15. The summed E-state index contributed by atoms with van der Waals surface area (Å²) < 4.78 is 5.51. The minimum Gasteiger partial charge on any atom is -0.463 e. The van der Waals surface area contributed by atoms with E-state index in [2.05, 4.69) is 4.98 Å². The first-order valence-corrected chi connectivity index (χ1v) is 5.26. The van der Waals surface area contributed by atoms with E-state index in [1.807, 2.05) is 39.0 Å². The topological polar surface area (TPSA) is 46.3 Å². The van der Waals surface area contributed by atoms with Gasteiger partial charge in [0.2, 0.25) is 0 Å². The fourth-order valence-corrected chi connectivity index (χ4v) is 1.68. The highest BCUT2D eigenvalue weighted by molar-refractivity contribution is 5.30. The molecule has 16 heavy (non-hydrogen) atoms. The lowest BCUT2D eigenvalue weighted by Crippen LogP contribution is -2.01. The highest BCUT2D eigenvalue weighted by Crippen LogP contribution is 2.26. The minimum atomic E-state index is -0.735. The summed E-state index contributed by atoms with van der Waals surface area (Å²) >= 11 is 0. The van der Waals surface area contributed by atoms with Gasteiger partial charge < -0.3 is 9.52 Å². The Bertz CT molecular complexity index is 483. The Morgan fingerprint density at radius 1 is 1.31 bits per heavy atom. The highest BCUT2D eigenvalue weighted by Gasteiger charge is 2.17. The van der Waals surface area contributed by atoms with Gasteiger partial charge in [-0.15, -0.1) is 0 Å². The molecule has 0 aliphatic heterocycles. The Labute approximate surface area is 94.8 Å². The van der Waals surface area contributed by atoms with Crippen molar-refractivity contribution >= 4 is 0 Å². The van der Waals surface area contributed by atoms with Gasteiger partial charge in [-0.3, -0.25) is 4.98 Å². The van der Waals surface area contributed by atoms with Gasteiger partial charge in [-0.05, 0) is 38.5 Å². The lowest BCUT2D eigenvalue weighted by atomic mass is 10.1. The molecule has 0 radical (unpaired) electrons. The maximum atomic E-state index is 10.2. The molecule has 0 aliphatic carbocycles. The predicted molar refractivity (Wildman–Crippen MR) is 61.2 cm³/mol. The van der Waals surface area contributed by atoms with Crippen molar-refractivity contribution in [2.45, 2.75) is 26.9 Å². The van der Waals surface area contributed by atoms with E-state index in [9.17, 15) is 5.11 Å². The maximum absolute atomic E-state index is 10.2. The zero-order valence-electron chi connectivity index (χ0n) is 9.69. The number of aromatic nitrogens is 1. The normalized spacial score (nSPS) is 12.8. The first kappa shape index (κ1) is 10.9. The lowest BCUT2D eigenvalue weighted by molar-refractivity contribution is 0.186. The number of pyridine rings is 1. The number of aliphatic hydroxyl groups excluding tert-OH is 1. The number of rotatable bonds is 2. The van der Waals surface area contributed by atoms with Crippen molar-refractivity contribution in [3.8, 4) is 0 Å². The van der Waals surface area contributed by atoms with Crippen LogP contribution in [-0.4, -0.2) is 10.1 Å². The van der Waals surface area contributed by atoms with Gasteiger partial charge in [0.1, 0.15) is 17.6 Å². The summed E-state index contributed by atoms with van der Waals surface area (Å²) in [7, 11) is 0. The van der Waals surface area contributed by atoms with Crippen LogP contribution in [0, 0.1) is 20.8 Å². The van der Waals surface area contributed by atoms with Crippen molar-refractivity contribution in [3.05, 3.63) is 52.7 Å². The zero-order chi connectivity index (χ0) is 11.7. The molecule has 1 N–H and O–H groups in total. The molecule has 3 heteroatoms. The van der Waals surface area contributed by atoms with Gasteiger partial charge in [0.15, 0.2) is 0 Å². The van der Waals surface area contributed by atoms with Crippen molar-refractivity contribution in [2.75, 3.05) is 0 Å². The number of furan rings is 1. The third-order valence-corrected chi connectivity index (χ3v) is 2.80. The molecule has 1 unspecified atom stereocenters. The van der Waals surface area contributed by atoms with E-state index >= 15 is 0 Å². The SMILES string of the molecule is Cc1cc(C(O)c2cccnc2C)oc1C. The third-order valence-electron chi connectivity index (χ3n) is 2.80. The molecule has 0 fully saturated rings. The second-order valence-electron chi connectivity index (χ2n) is 3.97. The number of nitrogens with zero attached hydrogens (tertiary/aromatic N) is 1. The Morgan fingerprint density at radius 3 is 2.62 bits per heavy atom. The van der Waals surface area contributed by atoms with Crippen LogP contribution in [0.2, 0.25) is 0 Å². The summed E-state index contributed by atoms with van der Waals surface area (Å²) in [5.74, 6) is 1.42. The second kappa shape index (κ2) is 4.10. The van der Waals surface area contributed by atoms with Gasteiger partial charge in [0.25, 0.3) is 0 Å². The Balaban J connectivity index is 2.39. The summed E-state index contributed by atoms with van der Waals surface area (Å²) in [5.41, 5.74) is 2.66. The van der Waals surface area contributed by atoms with E-state index in [0.29, 0.717) is 5.76 Å². The molecule has 0 spiro atoms.